The fraction of sp³-hybridized carbons (Fsp3) is 0. The van der Waals surface area contributed by atoms with Crippen molar-refractivity contribution in [2.45, 2.75) is 10.1 Å². The number of nitrogen functional groups attached to an aromatic ring is 1. The monoisotopic (exact) mass is 287 g/mol. The number of halogens is 1. The third-order valence-corrected chi connectivity index (χ3v) is 3.63. The molecule has 0 aliphatic carbocycles. The number of fused-ring (bicyclic) bond motifs is 1. The number of para-hydroxylation sites is 2. The predicted octanol–water partition coefficient (Wildman–Crippen LogP) is 3.40. The van der Waals surface area contributed by atoms with Crippen LogP contribution in [0, 0.1) is 11.2 Å². The Bertz CT molecular complexity index is 767. The molecule has 20 heavy (non-hydrogen) atoms. The highest BCUT2D eigenvalue weighted by Gasteiger charge is 2.15. The average Bonchev–Trinajstić information content (AvgIpc) is 2.80. The smallest absolute Gasteiger partial charge is 0.261 e. The van der Waals surface area contributed by atoms with Crippen molar-refractivity contribution in [3.05, 3.63) is 53.8 Å². The van der Waals surface area contributed by atoms with E-state index in [1.165, 1.54) is 6.07 Å². The fourth-order valence-electron chi connectivity index (χ4n) is 1.84. The highest BCUT2D eigenvalue weighted by Crippen LogP contribution is 2.32. The number of nitrogens with one attached hydrogen (secondary N) is 1. The second kappa shape index (κ2) is 4.97. The van der Waals surface area contributed by atoms with Crippen LogP contribution >= 0.6 is 11.8 Å². The lowest BCUT2D eigenvalue weighted by Gasteiger charge is -2.06. The van der Waals surface area contributed by atoms with E-state index < -0.39 is 5.82 Å². The third kappa shape index (κ3) is 2.25. The van der Waals surface area contributed by atoms with E-state index in [0.717, 1.165) is 17.3 Å². The number of oxazole rings is 1. The van der Waals surface area contributed by atoms with Crippen LogP contribution in [0.5, 0.6) is 0 Å². The lowest BCUT2D eigenvalue weighted by atomic mass is 10.2. The van der Waals surface area contributed by atoms with Gasteiger partial charge in [0.05, 0.1) is 5.56 Å². The zero-order valence-electron chi connectivity index (χ0n) is 10.3. The van der Waals surface area contributed by atoms with Crippen molar-refractivity contribution in [3.63, 3.8) is 0 Å². The molecule has 0 fully saturated rings. The second-order valence-corrected chi connectivity index (χ2v) is 5.07. The molecule has 1 heterocycles. The van der Waals surface area contributed by atoms with Gasteiger partial charge >= 0.3 is 0 Å². The molecule has 0 atom stereocenters. The lowest BCUT2D eigenvalue weighted by molar-refractivity contribution is 0.489. The molecule has 3 rings (SSSR count). The Kier molecular flexibility index (Phi) is 3.15. The maximum Gasteiger partial charge on any atom is 0.261 e. The topological polar surface area (TPSA) is 75.9 Å². The Balaban J connectivity index is 2.02. The van der Waals surface area contributed by atoms with E-state index in [-0.39, 0.29) is 11.4 Å². The van der Waals surface area contributed by atoms with Crippen molar-refractivity contribution >= 4 is 28.7 Å². The second-order valence-electron chi connectivity index (χ2n) is 4.08. The molecule has 0 amide bonds. The Morgan fingerprint density at radius 1 is 1.20 bits per heavy atom. The maximum atomic E-state index is 13.7. The van der Waals surface area contributed by atoms with Gasteiger partial charge in [-0.25, -0.2) is 9.37 Å². The first-order chi connectivity index (χ1) is 9.65. The molecule has 0 bridgehead atoms. The summed E-state index contributed by atoms with van der Waals surface area (Å²) >= 11 is 1.14. The van der Waals surface area contributed by atoms with Crippen LogP contribution in [0.15, 0.2) is 57.0 Å². The van der Waals surface area contributed by atoms with E-state index >= 15 is 0 Å². The van der Waals surface area contributed by atoms with Gasteiger partial charge in [0.15, 0.2) is 5.58 Å². The normalized spacial score (nSPS) is 10.8. The molecule has 4 nitrogen and oxygen atoms in total. The molecule has 2 aromatic carbocycles. The lowest BCUT2D eigenvalue weighted by Crippen LogP contribution is -2.14. The number of benzene rings is 2. The first kappa shape index (κ1) is 12.7. The van der Waals surface area contributed by atoms with E-state index in [9.17, 15) is 4.39 Å². The van der Waals surface area contributed by atoms with Crippen molar-refractivity contribution < 1.29 is 8.81 Å². The molecular formula is C14H10FN3OS. The minimum Gasteiger partial charge on any atom is -0.431 e. The van der Waals surface area contributed by atoms with E-state index in [2.05, 4.69) is 4.98 Å². The molecule has 0 aliphatic heterocycles. The van der Waals surface area contributed by atoms with Gasteiger partial charge in [-0.1, -0.05) is 18.2 Å². The average molecular weight is 287 g/mol. The van der Waals surface area contributed by atoms with Crippen molar-refractivity contribution in [1.29, 1.82) is 5.41 Å². The van der Waals surface area contributed by atoms with Crippen LogP contribution in [0.1, 0.15) is 5.56 Å². The summed E-state index contributed by atoms with van der Waals surface area (Å²) in [5.41, 5.74) is 6.89. The van der Waals surface area contributed by atoms with Gasteiger partial charge in [0.25, 0.3) is 5.22 Å². The van der Waals surface area contributed by atoms with Crippen LogP contribution in [0.2, 0.25) is 0 Å². The Labute approximate surface area is 118 Å². The molecule has 3 N–H and O–H groups in total. The molecule has 0 radical (unpaired) electrons. The zero-order chi connectivity index (χ0) is 14.1. The minimum absolute atomic E-state index is 0.0692. The van der Waals surface area contributed by atoms with Gasteiger partial charge in [-0.05, 0) is 36.0 Å². The molecule has 0 unspecified atom stereocenters. The van der Waals surface area contributed by atoms with Crippen molar-refractivity contribution in [1.82, 2.24) is 4.98 Å². The van der Waals surface area contributed by atoms with E-state index in [0.29, 0.717) is 15.7 Å². The van der Waals surface area contributed by atoms with Crippen LogP contribution in [0.4, 0.5) is 4.39 Å². The van der Waals surface area contributed by atoms with Gasteiger partial charge in [-0.2, -0.15) is 0 Å². The third-order valence-electron chi connectivity index (χ3n) is 2.72. The number of aromatic nitrogens is 1. The number of amidine groups is 1. The molecule has 6 heteroatoms. The molecule has 100 valence electrons. The molecule has 3 aromatic rings. The van der Waals surface area contributed by atoms with Gasteiger partial charge in [0, 0.05) is 4.90 Å². The van der Waals surface area contributed by atoms with Crippen LogP contribution < -0.4 is 5.73 Å². The molecule has 0 aliphatic rings. The first-order valence-corrected chi connectivity index (χ1v) is 6.63. The first-order valence-electron chi connectivity index (χ1n) is 5.81. The molecule has 0 spiro atoms. The Morgan fingerprint density at radius 2 is 2.00 bits per heavy atom. The summed E-state index contributed by atoms with van der Waals surface area (Å²) in [7, 11) is 0. The number of hydrogen-bond donors (Lipinski definition) is 2. The van der Waals surface area contributed by atoms with Crippen molar-refractivity contribution in [2.24, 2.45) is 5.73 Å². The number of rotatable bonds is 3. The Morgan fingerprint density at radius 3 is 2.75 bits per heavy atom. The Hall–Kier alpha value is -2.34. The summed E-state index contributed by atoms with van der Waals surface area (Å²) in [5, 5.41) is 7.85. The van der Waals surface area contributed by atoms with Crippen LogP contribution in [-0.2, 0) is 0 Å². The van der Waals surface area contributed by atoms with Crippen LogP contribution in [0.3, 0.4) is 0 Å². The maximum absolute atomic E-state index is 13.7. The molecule has 0 saturated heterocycles. The predicted molar refractivity (Wildman–Crippen MR) is 75.5 cm³/mol. The molecule has 0 saturated carbocycles. The number of nitrogens with zero attached hydrogens (tertiary/aromatic N) is 1. The van der Waals surface area contributed by atoms with Crippen LogP contribution in [-0.4, -0.2) is 10.8 Å². The minimum atomic E-state index is -0.529. The molecular weight excluding hydrogens is 277 g/mol. The van der Waals surface area contributed by atoms with E-state index in [1.54, 1.807) is 12.1 Å². The summed E-state index contributed by atoms with van der Waals surface area (Å²) < 4.78 is 19.3. The van der Waals surface area contributed by atoms with Gasteiger partial charge in [-0.15, -0.1) is 0 Å². The summed E-state index contributed by atoms with van der Waals surface area (Å²) in [5.74, 6) is -0.847. The molecule has 1 aromatic heterocycles. The van der Waals surface area contributed by atoms with Gasteiger partial charge < -0.3 is 10.2 Å². The van der Waals surface area contributed by atoms with Gasteiger partial charge in [-0.3, -0.25) is 5.41 Å². The standard InChI is InChI=1S/C14H10FN3OS/c15-8-4-3-7-11(12(8)13(16)17)20-14-18-9-5-1-2-6-10(9)19-14/h1-7H,(H3,16,17). The zero-order valence-corrected chi connectivity index (χ0v) is 11.1. The largest absolute Gasteiger partial charge is 0.431 e. The highest BCUT2D eigenvalue weighted by molar-refractivity contribution is 7.99. The quantitative estimate of drug-likeness (QED) is 0.572. The fourth-order valence-corrected chi connectivity index (χ4v) is 2.76. The highest BCUT2D eigenvalue weighted by atomic mass is 32.2. The van der Waals surface area contributed by atoms with E-state index in [4.69, 9.17) is 15.6 Å². The van der Waals surface area contributed by atoms with E-state index in [1.807, 2.05) is 24.3 Å². The van der Waals surface area contributed by atoms with Crippen molar-refractivity contribution in [2.75, 3.05) is 0 Å². The van der Waals surface area contributed by atoms with Crippen LogP contribution in [0.25, 0.3) is 11.1 Å². The van der Waals surface area contributed by atoms with Gasteiger partial charge in [0.1, 0.15) is 17.2 Å². The summed E-state index contributed by atoms with van der Waals surface area (Å²) in [6, 6.07) is 11.9. The SMILES string of the molecule is N=C(N)c1c(F)cccc1Sc1nc2ccccc2o1. The summed E-state index contributed by atoms with van der Waals surface area (Å²) in [6.07, 6.45) is 0. The number of hydrogen-bond acceptors (Lipinski definition) is 4. The van der Waals surface area contributed by atoms with Gasteiger partial charge in [0.2, 0.25) is 0 Å². The summed E-state index contributed by atoms with van der Waals surface area (Å²) in [4.78, 5) is 4.80. The number of nitrogens with two attached hydrogens (primary N) is 1. The van der Waals surface area contributed by atoms with Crippen molar-refractivity contribution in [3.8, 4) is 0 Å². The summed E-state index contributed by atoms with van der Waals surface area (Å²) in [6.45, 7) is 0.